The summed E-state index contributed by atoms with van der Waals surface area (Å²) >= 11 is 1.38. The Morgan fingerprint density at radius 1 is 0.758 bits per heavy atom. The molecule has 4 bridgehead atoms. The summed E-state index contributed by atoms with van der Waals surface area (Å²) in [5, 5.41) is 40.1. The van der Waals surface area contributed by atoms with E-state index in [0.717, 1.165) is 59.8 Å². The molecule has 3 aromatic carbocycles. The maximum absolute atomic E-state index is 13.8. The second-order valence-electron chi connectivity index (χ2n) is 28.3. The van der Waals surface area contributed by atoms with Crippen LogP contribution in [0.3, 0.4) is 0 Å². The molecular weight excluding hydrogens is 1280 g/mol. The van der Waals surface area contributed by atoms with E-state index >= 15 is 0 Å². The Morgan fingerprint density at radius 2 is 1.49 bits per heavy atom. The molecule has 0 radical (unpaired) electrons. The molecule has 7 amide bonds. The zero-order valence-corrected chi connectivity index (χ0v) is 57.7. The quantitative estimate of drug-likeness (QED) is 0.0177. The number of primary amides is 1. The average molecular weight is 1370 g/mol. The Hall–Kier alpha value is -9.69. The smallest absolute Gasteiger partial charge is 0.409 e. The number of carboxylic acids is 2. The SMILES string of the molecule is Cc1c(-c2ccc(-c3ccc4cncc(C(=O)Nc5nc6ccccc6s5)c4c3)nc2C(=O)O)cnn1CC12CC3(C)CC(C)(C1)CC(OCCN(C)C(=O)OCc1ccc(NC(=O)[C@H](CCCNC(N)=O)NC(=O)[C@@H](NC(=O)CCCCCCC(=O)CCC(=O)O)C(C)C)cc1)(C3)C2. The molecule has 2 unspecified atom stereocenters. The molecule has 4 aliphatic rings. The summed E-state index contributed by atoms with van der Waals surface area (Å²) in [6.45, 7) is 11.5. The third-order valence-electron chi connectivity index (χ3n) is 19.3. The van der Waals surface area contributed by atoms with E-state index in [1.807, 2.05) is 54.1 Å². The number of amides is 7. The highest BCUT2D eigenvalue weighted by molar-refractivity contribution is 7.22. The van der Waals surface area contributed by atoms with Crippen molar-refractivity contribution in [3.8, 4) is 22.4 Å². The molecule has 0 spiro atoms. The topological polar surface area (TPSA) is 358 Å². The van der Waals surface area contributed by atoms with Crippen molar-refractivity contribution in [2.24, 2.45) is 27.9 Å². The molecule has 9 N–H and O–H groups in total. The minimum atomic E-state index is -1.19. The van der Waals surface area contributed by atoms with Crippen LogP contribution < -0.4 is 32.3 Å². The number of aliphatic carboxylic acids is 1. The number of nitrogens with zero attached hydrogens (tertiary/aromatic N) is 6. The number of benzene rings is 3. The molecule has 4 aromatic heterocycles. The second kappa shape index (κ2) is 31.0. The van der Waals surface area contributed by atoms with Gasteiger partial charge in [0, 0.05) is 91.8 Å². The third-order valence-corrected chi connectivity index (χ3v) is 20.2. The fraction of sp³-hybridized carbons (Fsp3) is 0.466. The molecule has 0 aliphatic heterocycles. The van der Waals surface area contributed by atoms with E-state index in [4.69, 9.17) is 30.4 Å². The van der Waals surface area contributed by atoms with Crippen molar-refractivity contribution in [2.45, 2.75) is 168 Å². The lowest BCUT2D eigenvalue weighted by molar-refractivity contribution is -0.248. The lowest BCUT2D eigenvalue weighted by atomic mass is 9.39. The van der Waals surface area contributed by atoms with Crippen molar-refractivity contribution < 1.29 is 62.8 Å². The molecule has 4 heterocycles. The number of anilines is 2. The van der Waals surface area contributed by atoms with Crippen LogP contribution in [0.15, 0.2) is 97.5 Å². The summed E-state index contributed by atoms with van der Waals surface area (Å²) in [5.74, 6) is -4.47. The van der Waals surface area contributed by atoms with E-state index in [2.05, 4.69) is 50.4 Å². The van der Waals surface area contributed by atoms with E-state index in [0.29, 0.717) is 88.4 Å². The van der Waals surface area contributed by atoms with Gasteiger partial charge in [0.2, 0.25) is 17.7 Å². The van der Waals surface area contributed by atoms with Crippen LogP contribution in [-0.2, 0) is 46.6 Å². The summed E-state index contributed by atoms with van der Waals surface area (Å²) in [6, 6.07) is 20.7. The van der Waals surface area contributed by atoms with Gasteiger partial charge < -0.3 is 51.6 Å². The molecule has 26 heteroatoms. The number of para-hydroxylation sites is 1. The molecule has 99 heavy (non-hydrogen) atoms. The second-order valence-corrected chi connectivity index (χ2v) is 29.3. The number of nitrogens with two attached hydrogens (primary N) is 1. The number of aromatic carboxylic acids is 1. The van der Waals surface area contributed by atoms with Gasteiger partial charge in [-0.25, -0.2) is 24.4 Å². The number of ether oxygens (including phenoxy) is 2. The molecule has 7 aromatic rings. The van der Waals surface area contributed by atoms with Gasteiger partial charge in [-0.2, -0.15) is 5.10 Å². The van der Waals surface area contributed by atoms with Gasteiger partial charge in [0.05, 0.1) is 46.3 Å². The van der Waals surface area contributed by atoms with Gasteiger partial charge in [0.1, 0.15) is 24.5 Å². The number of ketones is 1. The van der Waals surface area contributed by atoms with Crippen molar-refractivity contribution in [1.29, 1.82) is 0 Å². The zero-order chi connectivity index (χ0) is 70.8. The standard InChI is InChI=1S/C73H88N12O13S/c1-44(2)61(82-59(87)18-10-8-7-9-14-50(86)25-28-60(88)89)65(92)80-57(16-13-29-76-67(74)95)64(91)78-49-23-19-46(20-24-49)36-97-69(96)84(6)30-31-98-73-40-70(4)37-71(5,41-73)39-72(38-70,42-73)43-85-45(3)53(35-77-85)51-26-27-55(79-62(51)66(93)94)47-21-22-48-33-75-34-54(52(48)32-47)63(90)83-68-81-56-15-11-12-17-58(56)99-68/h11-12,15,17,19-24,26-27,32-35,44,57,61H,7-10,13-14,16,18,25,28-31,36-43H2,1-6H3,(H,78,91)(H,80,92)(H,82,87)(H,88,89)(H,93,94)(H3,74,76,95)(H,81,83,90)/t57-,61-,70?,71?,72?,73?/m0/s1. The monoisotopic (exact) mass is 1370 g/mol. The largest absolute Gasteiger partial charge is 0.481 e. The van der Waals surface area contributed by atoms with Crippen molar-refractivity contribution >= 4 is 96.6 Å². The van der Waals surface area contributed by atoms with Gasteiger partial charge in [0.15, 0.2) is 10.8 Å². The van der Waals surface area contributed by atoms with Crippen molar-refractivity contribution in [2.75, 3.05) is 37.4 Å². The molecule has 4 fully saturated rings. The van der Waals surface area contributed by atoms with Crippen LogP contribution in [0.25, 0.3) is 43.4 Å². The van der Waals surface area contributed by atoms with Crippen LogP contribution >= 0.6 is 11.3 Å². The number of urea groups is 1. The highest BCUT2D eigenvalue weighted by Gasteiger charge is 2.66. The lowest BCUT2D eigenvalue weighted by Gasteiger charge is -2.69. The minimum absolute atomic E-state index is 0.000665. The van der Waals surface area contributed by atoms with Crippen molar-refractivity contribution in [3.05, 3.63) is 120 Å². The molecule has 0 saturated heterocycles. The van der Waals surface area contributed by atoms with Crippen LogP contribution in [-0.4, -0.2) is 138 Å². The highest BCUT2D eigenvalue weighted by atomic mass is 32.1. The zero-order valence-electron chi connectivity index (χ0n) is 56.9. The third kappa shape index (κ3) is 18.2. The number of pyridine rings is 2. The van der Waals surface area contributed by atoms with Gasteiger partial charge >= 0.3 is 24.1 Å². The number of carbonyl (C=O) groups excluding carboxylic acids is 7. The summed E-state index contributed by atoms with van der Waals surface area (Å²) in [7, 11) is 1.67. The van der Waals surface area contributed by atoms with Crippen LogP contribution in [0.4, 0.5) is 20.4 Å². The maximum Gasteiger partial charge on any atom is 0.409 e. The first kappa shape index (κ1) is 72.1. The maximum atomic E-state index is 13.8. The molecule has 11 rings (SSSR count). The Labute approximate surface area is 578 Å². The first-order chi connectivity index (χ1) is 47.2. The number of Topliss-reactive ketones (excluding diaryl/α,β-unsaturated/α-hetero) is 1. The van der Waals surface area contributed by atoms with Crippen LogP contribution in [0.2, 0.25) is 0 Å². The summed E-state index contributed by atoms with van der Waals surface area (Å²) < 4.78 is 15.7. The summed E-state index contributed by atoms with van der Waals surface area (Å²) in [4.78, 5) is 130. The Bertz CT molecular complexity index is 4140. The number of unbranched alkanes of at least 4 members (excludes halogenated alkanes) is 3. The normalized spacial score (nSPS) is 19.7. The first-order valence-electron chi connectivity index (χ1n) is 33.8. The lowest BCUT2D eigenvalue weighted by Crippen LogP contribution is -2.64. The van der Waals surface area contributed by atoms with E-state index in [-0.39, 0.29) is 104 Å². The number of carboxylic acid groups (broad SMARTS) is 2. The predicted molar refractivity (Wildman–Crippen MR) is 373 cm³/mol. The number of hydrogen-bond acceptors (Lipinski definition) is 16. The number of rotatable bonds is 33. The molecule has 524 valence electrons. The Morgan fingerprint density at radius 3 is 2.20 bits per heavy atom. The van der Waals surface area contributed by atoms with E-state index in [9.17, 15) is 48.3 Å². The van der Waals surface area contributed by atoms with Crippen LogP contribution in [0.5, 0.6) is 0 Å². The highest BCUT2D eigenvalue weighted by Crippen LogP contribution is 2.72. The Balaban J connectivity index is 0.715. The van der Waals surface area contributed by atoms with Gasteiger partial charge in [-0.3, -0.25) is 43.7 Å². The number of hydrogen-bond donors (Lipinski definition) is 8. The van der Waals surface area contributed by atoms with E-state index in [1.54, 1.807) is 69.7 Å². The number of nitrogens with one attached hydrogen (secondary N) is 5. The van der Waals surface area contributed by atoms with E-state index in [1.165, 1.54) is 22.4 Å². The number of thiazole rings is 1. The fourth-order valence-electron chi connectivity index (χ4n) is 15.8. The summed E-state index contributed by atoms with van der Waals surface area (Å²) in [6.07, 6.45) is 13.1. The molecule has 4 atom stereocenters. The Kier molecular flexibility index (Phi) is 22.6. The molecule has 25 nitrogen and oxygen atoms in total. The van der Waals surface area contributed by atoms with Gasteiger partial charge in [-0.1, -0.05) is 88.3 Å². The number of aromatic nitrogens is 5. The first-order valence-corrected chi connectivity index (χ1v) is 34.6. The van der Waals surface area contributed by atoms with Crippen LogP contribution in [0, 0.1) is 29.1 Å². The number of fused-ring (bicyclic) bond motifs is 2. The van der Waals surface area contributed by atoms with E-state index < -0.39 is 53.6 Å². The van der Waals surface area contributed by atoms with Crippen LogP contribution in [0.1, 0.15) is 163 Å². The predicted octanol–water partition coefficient (Wildman–Crippen LogP) is 11.2. The fourth-order valence-corrected chi connectivity index (χ4v) is 16.6. The molecular formula is C73H88N12O13S. The number of carbonyl (C=O) groups is 9. The van der Waals surface area contributed by atoms with Crippen molar-refractivity contribution in [3.63, 3.8) is 0 Å². The average Bonchev–Trinajstić information content (AvgIpc) is 1.11. The van der Waals surface area contributed by atoms with Gasteiger partial charge in [0.25, 0.3) is 5.91 Å². The van der Waals surface area contributed by atoms with Crippen molar-refractivity contribution in [1.82, 2.24) is 45.6 Å². The minimum Gasteiger partial charge on any atom is -0.481 e. The van der Waals surface area contributed by atoms with Gasteiger partial charge in [-0.05, 0) is 147 Å². The molecule has 4 aliphatic carbocycles. The summed E-state index contributed by atoms with van der Waals surface area (Å²) in [5.41, 5.74) is 9.65. The van der Waals surface area contributed by atoms with Gasteiger partial charge in [-0.15, -0.1) is 0 Å². The molecule has 4 saturated carbocycles. The number of likely N-dealkylation sites (N-methyl/N-ethyl adjacent to an activating group) is 1.